The van der Waals surface area contributed by atoms with Crippen LogP contribution in [0.2, 0.25) is 0 Å². The lowest BCUT2D eigenvalue weighted by molar-refractivity contribution is -0.00687. The van der Waals surface area contributed by atoms with Crippen molar-refractivity contribution in [2.45, 2.75) is 44.2 Å². The predicted molar refractivity (Wildman–Crippen MR) is 122 cm³/mol. The van der Waals surface area contributed by atoms with E-state index in [9.17, 15) is 0 Å². The molecule has 0 spiro atoms. The molecule has 4 unspecified atom stereocenters. The van der Waals surface area contributed by atoms with E-state index in [0.29, 0.717) is 0 Å². The van der Waals surface area contributed by atoms with Crippen molar-refractivity contribution in [1.82, 2.24) is 0 Å². The van der Waals surface area contributed by atoms with E-state index in [1.807, 2.05) is 54.6 Å². The lowest BCUT2D eigenvalue weighted by Crippen LogP contribution is -2.53. The van der Waals surface area contributed by atoms with Gasteiger partial charge < -0.3 is 18.6 Å². The second-order valence-electron chi connectivity index (χ2n) is 8.26. The van der Waals surface area contributed by atoms with Crippen LogP contribution >= 0.6 is 0 Å². The molecule has 6 heteroatoms. The largest absolute Gasteiger partial charge is 0.488 e. The zero-order valence-electron chi connectivity index (χ0n) is 17.7. The van der Waals surface area contributed by atoms with Gasteiger partial charge in [0, 0.05) is 18.9 Å². The van der Waals surface area contributed by atoms with Gasteiger partial charge in [0.2, 0.25) is 0 Å². The maximum Gasteiger partial charge on any atom is 0.488 e. The number of hydrogen-bond donors (Lipinski definition) is 0. The van der Waals surface area contributed by atoms with Crippen LogP contribution in [0.3, 0.4) is 0 Å². The highest BCUT2D eigenvalue weighted by atomic mass is 16.7. The Balaban J connectivity index is 1.41. The van der Waals surface area contributed by atoms with Gasteiger partial charge in [0.1, 0.15) is 0 Å². The van der Waals surface area contributed by atoms with Gasteiger partial charge in [-0.1, -0.05) is 91.0 Å². The molecule has 2 aliphatic heterocycles. The monoisotopic (exact) mass is 412 g/mol. The normalized spacial score (nSPS) is 26.6. The van der Waals surface area contributed by atoms with Crippen LogP contribution in [-0.4, -0.2) is 20.1 Å². The van der Waals surface area contributed by atoms with Crippen molar-refractivity contribution in [3.63, 3.8) is 0 Å². The summed E-state index contributed by atoms with van der Waals surface area (Å²) >= 11 is 0. The third-order valence-electron chi connectivity index (χ3n) is 5.97. The quantitative estimate of drug-likeness (QED) is 0.529. The number of rotatable bonds is 4. The second-order valence-corrected chi connectivity index (χ2v) is 8.26. The first-order valence-electron chi connectivity index (χ1n) is 11.0. The fraction of sp³-hybridized carbons (Fsp3) is 0.280. The van der Waals surface area contributed by atoms with Gasteiger partial charge in [0.15, 0.2) is 0 Å². The molecule has 0 amide bonds. The van der Waals surface area contributed by atoms with Gasteiger partial charge in [-0.25, -0.2) is 0 Å². The lowest BCUT2D eigenvalue weighted by Gasteiger charge is -2.40. The highest BCUT2D eigenvalue weighted by molar-refractivity contribution is 7.10. The predicted octanol–water partition coefficient (Wildman–Crippen LogP) is 5.53. The molecule has 3 aromatic rings. The lowest BCUT2D eigenvalue weighted by atomic mass is 9.46. The van der Waals surface area contributed by atoms with Crippen LogP contribution in [0.4, 0.5) is 0 Å². The van der Waals surface area contributed by atoms with Gasteiger partial charge in [-0.3, -0.25) is 0 Å². The summed E-state index contributed by atoms with van der Waals surface area (Å²) in [6.45, 7) is 2.08. The van der Waals surface area contributed by atoms with Crippen LogP contribution in [-0.2, 0) is 18.6 Å². The van der Waals surface area contributed by atoms with Gasteiger partial charge in [-0.05, 0) is 23.6 Å². The third kappa shape index (κ3) is 4.78. The molecule has 2 heterocycles. The first kappa shape index (κ1) is 20.5. The van der Waals surface area contributed by atoms with Crippen LogP contribution in [0.15, 0.2) is 91.0 Å². The fourth-order valence-electron chi connectivity index (χ4n) is 4.40. The fourth-order valence-corrected chi connectivity index (χ4v) is 4.40. The van der Waals surface area contributed by atoms with Crippen LogP contribution < -0.4 is 0 Å². The van der Waals surface area contributed by atoms with Crippen LogP contribution in [0.25, 0.3) is 0 Å². The molecule has 2 aliphatic rings. The van der Waals surface area contributed by atoms with Crippen molar-refractivity contribution < 1.29 is 18.6 Å². The SMILES string of the molecule is CC1CC(c2ccccc2)OB(B2OC(c3ccccc3)CC(c3ccccc3)O2)O1. The van der Waals surface area contributed by atoms with Crippen molar-refractivity contribution in [2.24, 2.45) is 0 Å². The molecule has 156 valence electrons. The average Bonchev–Trinajstić information content (AvgIpc) is 2.85. The van der Waals surface area contributed by atoms with Crippen LogP contribution in [0, 0.1) is 0 Å². The molecule has 0 saturated carbocycles. The van der Waals surface area contributed by atoms with Crippen molar-refractivity contribution in [3.05, 3.63) is 108 Å². The van der Waals surface area contributed by atoms with Crippen LogP contribution in [0.1, 0.15) is 54.8 Å². The zero-order valence-corrected chi connectivity index (χ0v) is 17.7. The smallest absolute Gasteiger partial charge is 0.411 e. The molecule has 2 fully saturated rings. The van der Waals surface area contributed by atoms with Crippen molar-refractivity contribution in [2.75, 3.05) is 0 Å². The maximum absolute atomic E-state index is 6.42. The minimum absolute atomic E-state index is 0.0448. The summed E-state index contributed by atoms with van der Waals surface area (Å²) in [5, 5.41) is 0. The topological polar surface area (TPSA) is 36.9 Å². The van der Waals surface area contributed by atoms with E-state index in [1.165, 1.54) is 0 Å². The summed E-state index contributed by atoms with van der Waals surface area (Å²) < 4.78 is 25.4. The molecule has 3 aromatic carbocycles. The summed E-state index contributed by atoms with van der Waals surface area (Å²) in [6.07, 6.45) is 1.36. The molecule has 0 aromatic heterocycles. The molecular weight excluding hydrogens is 386 g/mol. The molecule has 2 saturated heterocycles. The van der Waals surface area contributed by atoms with Gasteiger partial charge in [-0.15, -0.1) is 0 Å². The Bertz CT molecular complexity index is 910. The Morgan fingerprint density at radius 3 is 1.29 bits per heavy atom. The molecule has 4 nitrogen and oxygen atoms in total. The zero-order chi connectivity index (χ0) is 21.0. The Hall–Kier alpha value is -2.37. The van der Waals surface area contributed by atoms with E-state index >= 15 is 0 Å². The Kier molecular flexibility index (Phi) is 6.23. The van der Waals surface area contributed by atoms with Gasteiger partial charge in [0.05, 0.1) is 18.3 Å². The highest BCUT2D eigenvalue weighted by Crippen LogP contribution is 2.39. The van der Waals surface area contributed by atoms with E-state index in [2.05, 4.69) is 43.3 Å². The second kappa shape index (κ2) is 9.41. The van der Waals surface area contributed by atoms with E-state index < -0.39 is 14.0 Å². The van der Waals surface area contributed by atoms with Crippen molar-refractivity contribution in [1.29, 1.82) is 0 Å². The Labute approximate surface area is 184 Å². The van der Waals surface area contributed by atoms with Gasteiger partial charge >= 0.3 is 14.0 Å². The molecule has 0 aliphatic carbocycles. The Morgan fingerprint density at radius 2 is 0.871 bits per heavy atom. The minimum Gasteiger partial charge on any atom is -0.411 e. The number of hydrogen-bond acceptors (Lipinski definition) is 4. The minimum atomic E-state index is -0.613. The van der Waals surface area contributed by atoms with E-state index in [1.54, 1.807) is 0 Å². The molecule has 0 bridgehead atoms. The number of benzene rings is 3. The summed E-state index contributed by atoms with van der Waals surface area (Å²) in [7, 11) is -1.20. The third-order valence-corrected chi connectivity index (χ3v) is 5.97. The Morgan fingerprint density at radius 1 is 0.516 bits per heavy atom. The summed E-state index contributed by atoms with van der Waals surface area (Å²) in [5.74, 6) is 0. The summed E-state index contributed by atoms with van der Waals surface area (Å²) in [5.41, 5.74) is 3.43. The average molecular weight is 412 g/mol. The molecular formula is C25H26B2O4. The van der Waals surface area contributed by atoms with E-state index in [4.69, 9.17) is 18.6 Å². The molecule has 5 rings (SSSR count). The van der Waals surface area contributed by atoms with E-state index in [0.717, 1.165) is 29.5 Å². The van der Waals surface area contributed by atoms with Crippen molar-refractivity contribution >= 4 is 14.0 Å². The summed E-state index contributed by atoms with van der Waals surface area (Å²) in [6, 6.07) is 30.9. The van der Waals surface area contributed by atoms with Crippen LogP contribution in [0.5, 0.6) is 0 Å². The van der Waals surface area contributed by atoms with E-state index in [-0.39, 0.29) is 24.4 Å². The maximum atomic E-state index is 6.42. The first-order chi connectivity index (χ1) is 15.3. The van der Waals surface area contributed by atoms with Gasteiger partial charge in [-0.2, -0.15) is 0 Å². The molecule has 0 radical (unpaired) electrons. The standard InChI is InChI=1S/C25H26B2O4/c1-19-17-23(20-11-5-2-6-12-20)29-26(28-19)27-30-24(21-13-7-3-8-14-21)18-25(31-27)22-15-9-4-10-16-22/h2-16,19,23-25H,17-18H2,1H3. The molecule has 31 heavy (non-hydrogen) atoms. The van der Waals surface area contributed by atoms with Crippen molar-refractivity contribution in [3.8, 4) is 0 Å². The summed E-state index contributed by atoms with van der Waals surface area (Å²) in [4.78, 5) is 0. The first-order valence-corrected chi connectivity index (χ1v) is 11.0. The molecule has 0 N–H and O–H groups in total. The van der Waals surface area contributed by atoms with Gasteiger partial charge in [0.25, 0.3) is 0 Å². The highest BCUT2D eigenvalue weighted by Gasteiger charge is 2.50. The molecule has 4 atom stereocenters.